The van der Waals surface area contributed by atoms with Crippen molar-refractivity contribution < 1.29 is 22.4 Å². The number of halogens is 4. The Hall–Kier alpha value is -2.02. The number of hydrogen-bond donors (Lipinski definition) is 1. The van der Waals surface area contributed by atoms with E-state index in [1.54, 1.807) is 6.92 Å². The average molecular weight is 343 g/mol. The third-order valence-electron chi connectivity index (χ3n) is 2.94. The van der Waals surface area contributed by atoms with Crippen LogP contribution in [0.4, 0.5) is 23.2 Å². The molecule has 0 aliphatic heterocycles. The van der Waals surface area contributed by atoms with Gasteiger partial charge in [0.2, 0.25) is 5.91 Å². The molecule has 0 aliphatic rings. The van der Waals surface area contributed by atoms with Crippen LogP contribution in [0.3, 0.4) is 0 Å². The zero-order valence-corrected chi connectivity index (χ0v) is 12.8. The predicted octanol–water partition coefficient (Wildman–Crippen LogP) is 4.96. The lowest BCUT2D eigenvalue weighted by molar-refractivity contribution is -0.137. The monoisotopic (exact) mass is 343 g/mol. The number of amides is 1. The standard InChI is InChI=1S/C16H13F4NOS/c1-10(15(22)21-13-6-3-5-12(17)9-13)23-14-7-2-4-11(8-14)16(18,19)20/h2-10H,1H3,(H,21,22)/t10-/m1/s1. The van der Waals surface area contributed by atoms with E-state index in [0.29, 0.717) is 10.6 Å². The fourth-order valence-corrected chi connectivity index (χ4v) is 2.74. The molecule has 0 radical (unpaired) electrons. The molecule has 0 aromatic heterocycles. The summed E-state index contributed by atoms with van der Waals surface area (Å²) in [5.41, 5.74) is -0.466. The molecule has 2 rings (SSSR count). The molecule has 0 aliphatic carbocycles. The Morgan fingerprint density at radius 1 is 1.13 bits per heavy atom. The molecule has 0 unspecified atom stereocenters. The van der Waals surface area contributed by atoms with Crippen LogP contribution in [-0.2, 0) is 11.0 Å². The Bertz CT molecular complexity index is 702. The maximum absolute atomic E-state index is 13.1. The van der Waals surface area contributed by atoms with Gasteiger partial charge in [0.25, 0.3) is 0 Å². The SMILES string of the molecule is C[C@@H](Sc1cccc(C(F)(F)F)c1)C(=O)Nc1cccc(F)c1. The summed E-state index contributed by atoms with van der Waals surface area (Å²) in [7, 11) is 0. The van der Waals surface area contributed by atoms with Crippen molar-refractivity contribution in [2.24, 2.45) is 0 Å². The molecule has 1 amide bonds. The van der Waals surface area contributed by atoms with Crippen LogP contribution >= 0.6 is 11.8 Å². The molecule has 1 N–H and O–H groups in total. The number of rotatable bonds is 4. The maximum atomic E-state index is 13.1. The number of alkyl halides is 3. The summed E-state index contributed by atoms with van der Waals surface area (Å²) in [6.45, 7) is 1.57. The van der Waals surface area contributed by atoms with Crippen LogP contribution in [0.5, 0.6) is 0 Å². The second kappa shape index (κ2) is 7.04. The fraction of sp³-hybridized carbons (Fsp3) is 0.188. The lowest BCUT2D eigenvalue weighted by atomic mass is 10.2. The highest BCUT2D eigenvalue weighted by atomic mass is 32.2. The van der Waals surface area contributed by atoms with E-state index in [2.05, 4.69) is 5.32 Å². The molecule has 0 bridgehead atoms. The van der Waals surface area contributed by atoms with E-state index in [9.17, 15) is 22.4 Å². The molecule has 1 atom stereocenters. The van der Waals surface area contributed by atoms with Crippen LogP contribution < -0.4 is 5.32 Å². The van der Waals surface area contributed by atoms with E-state index in [1.165, 1.54) is 36.4 Å². The van der Waals surface area contributed by atoms with Crippen molar-refractivity contribution >= 4 is 23.4 Å². The molecule has 23 heavy (non-hydrogen) atoms. The largest absolute Gasteiger partial charge is 0.416 e. The van der Waals surface area contributed by atoms with E-state index >= 15 is 0 Å². The van der Waals surface area contributed by atoms with Crippen LogP contribution in [-0.4, -0.2) is 11.2 Å². The van der Waals surface area contributed by atoms with Crippen LogP contribution in [0.15, 0.2) is 53.4 Å². The van der Waals surface area contributed by atoms with Crippen LogP contribution in [0.25, 0.3) is 0 Å². The van der Waals surface area contributed by atoms with E-state index in [4.69, 9.17) is 0 Å². The summed E-state index contributed by atoms with van der Waals surface area (Å²) in [5.74, 6) is -0.904. The van der Waals surface area contributed by atoms with Crippen molar-refractivity contribution in [2.75, 3.05) is 5.32 Å². The highest BCUT2D eigenvalue weighted by Gasteiger charge is 2.30. The second-order valence-corrected chi connectivity index (χ2v) is 6.20. The van der Waals surface area contributed by atoms with Gasteiger partial charge >= 0.3 is 6.18 Å². The van der Waals surface area contributed by atoms with Gasteiger partial charge < -0.3 is 5.32 Å². The third-order valence-corrected chi connectivity index (χ3v) is 4.03. The molecule has 2 aromatic rings. The number of nitrogens with one attached hydrogen (secondary N) is 1. The maximum Gasteiger partial charge on any atom is 0.416 e. The molecular weight excluding hydrogens is 330 g/mol. The molecule has 0 spiro atoms. The van der Waals surface area contributed by atoms with Gasteiger partial charge in [0.1, 0.15) is 5.82 Å². The van der Waals surface area contributed by atoms with Crippen molar-refractivity contribution in [3.8, 4) is 0 Å². The zero-order valence-electron chi connectivity index (χ0n) is 12.0. The van der Waals surface area contributed by atoms with Crippen LogP contribution in [0.2, 0.25) is 0 Å². The molecule has 122 valence electrons. The second-order valence-electron chi connectivity index (χ2n) is 4.79. The van der Waals surface area contributed by atoms with E-state index in [-0.39, 0.29) is 0 Å². The fourth-order valence-electron chi connectivity index (χ4n) is 1.81. The quantitative estimate of drug-likeness (QED) is 0.628. The zero-order chi connectivity index (χ0) is 17.0. The van der Waals surface area contributed by atoms with Gasteiger partial charge in [-0.1, -0.05) is 12.1 Å². The lowest BCUT2D eigenvalue weighted by Crippen LogP contribution is -2.22. The first-order chi connectivity index (χ1) is 10.8. The summed E-state index contributed by atoms with van der Waals surface area (Å²) in [4.78, 5) is 12.4. The lowest BCUT2D eigenvalue weighted by Gasteiger charge is -2.13. The summed E-state index contributed by atoms with van der Waals surface area (Å²) in [6.07, 6.45) is -4.43. The number of benzene rings is 2. The number of thioether (sulfide) groups is 1. The highest BCUT2D eigenvalue weighted by Crippen LogP contribution is 2.33. The van der Waals surface area contributed by atoms with Gasteiger partial charge in [-0.3, -0.25) is 4.79 Å². The Morgan fingerprint density at radius 2 is 1.83 bits per heavy atom. The molecule has 0 heterocycles. The number of anilines is 1. The Morgan fingerprint density at radius 3 is 2.48 bits per heavy atom. The number of carbonyl (C=O) groups excluding carboxylic acids is 1. The van der Waals surface area contributed by atoms with Crippen molar-refractivity contribution in [3.05, 3.63) is 59.9 Å². The van der Waals surface area contributed by atoms with Gasteiger partial charge in [0.05, 0.1) is 10.8 Å². The average Bonchev–Trinajstić information content (AvgIpc) is 2.46. The van der Waals surface area contributed by atoms with Crippen molar-refractivity contribution in [1.82, 2.24) is 0 Å². The molecular formula is C16H13F4NOS. The third kappa shape index (κ3) is 4.99. The van der Waals surface area contributed by atoms with Gasteiger partial charge in [-0.15, -0.1) is 11.8 Å². The molecule has 7 heteroatoms. The molecule has 0 fully saturated rings. The number of carbonyl (C=O) groups is 1. The normalized spacial score (nSPS) is 12.7. The van der Waals surface area contributed by atoms with E-state index < -0.39 is 28.7 Å². The van der Waals surface area contributed by atoms with Crippen LogP contribution in [0, 0.1) is 5.82 Å². The first-order valence-corrected chi connectivity index (χ1v) is 7.54. The smallest absolute Gasteiger partial charge is 0.325 e. The minimum absolute atomic E-state index is 0.298. The molecule has 2 aromatic carbocycles. The summed E-state index contributed by atoms with van der Waals surface area (Å²) >= 11 is 1.000. The van der Waals surface area contributed by atoms with Gasteiger partial charge in [0, 0.05) is 10.6 Å². The van der Waals surface area contributed by atoms with Gasteiger partial charge in [-0.05, 0) is 43.3 Å². The summed E-state index contributed by atoms with van der Waals surface area (Å²) in [6, 6.07) is 10.2. The summed E-state index contributed by atoms with van der Waals surface area (Å²) < 4.78 is 51.1. The van der Waals surface area contributed by atoms with Crippen LogP contribution in [0.1, 0.15) is 12.5 Å². The first kappa shape index (κ1) is 17.3. The van der Waals surface area contributed by atoms with Crippen molar-refractivity contribution in [3.63, 3.8) is 0 Å². The molecule has 0 saturated heterocycles. The minimum atomic E-state index is -4.43. The van der Waals surface area contributed by atoms with Gasteiger partial charge in [-0.25, -0.2) is 4.39 Å². The predicted molar refractivity (Wildman–Crippen MR) is 81.8 cm³/mol. The topological polar surface area (TPSA) is 29.1 Å². The van der Waals surface area contributed by atoms with Crippen molar-refractivity contribution in [2.45, 2.75) is 23.2 Å². The minimum Gasteiger partial charge on any atom is -0.325 e. The molecule has 2 nitrogen and oxygen atoms in total. The van der Waals surface area contributed by atoms with Gasteiger partial charge in [-0.2, -0.15) is 13.2 Å². The van der Waals surface area contributed by atoms with Crippen molar-refractivity contribution in [1.29, 1.82) is 0 Å². The molecule has 0 saturated carbocycles. The van der Waals surface area contributed by atoms with Gasteiger partial charge in [0.15, 0.2) is 0 Å². The summed E-state index contributed by atoms with van der Waals surface area (Å²) in [5, 5.41) is 1.89. The van der Waals surface area contributed by atoms with E-state index in [0.717, 1.165) is 23.9 Å². The first-order valence-electron chi connectivity index (χ1n) is 6.66. The highest BCUT2D eigenvalue weighted by molar-refractivity contribution is 8.00. The number of hydrogen-bond acceptors (Lipinski definition) is 2. The Labute approximate surface area is 134 Å². The Balaban J connectivity index is 2.04. The van der Waals surface area contributed by atoms with E-state index in [1.807, 2.05) is 0 Å². The Kier molecular flexibility index (Phi) is 5.30.